The van der Waals surface area contributed by atoms with E-state index in [0.717, 1.165) is 35.1 Å². The maximum Gasteiger partial charge on any atom is 0.242 e. The van der Waals surface area contributed by atoms with Gasteiger partial charge in [-0.25, -0.2) is 0 Å². The summed E-state index contributed by atoms with van der Waals surface area (Å²) in [5.74, 6) is -0.354. The third-order valence-corrected chi connectivity index (χ3v) is 5.53. The summed E-state index contributed by atoms with van der Waals surface area (Å²) < 4.78 is 0. The molecule has 0 saturated carbocycles. The molecule has 0 aliphatic carbocycles. The zero-order chi connectivity index (χ0) is 22.3. The fraction of sp³-hybridized carbons (Fsp3) is 0.417. The summed E-state index contributed by atoms with van der Waals surface area (Å²) in [7, 11) is 0. The van der Waals surface area contributed by atoms with Gasteiger partial charge in [0.25, 0.3) is 0 Å². The van der Waals surface area contributed by atoms with Crippen LogP contribution in [0.5, 0.6) is 5.75 Å². The van der Waals surface area contributed by atoms with Crippen LogP contribution in [0.2, 0.25) is 0 Å². The first kappa shape index (κ1) is 23.4. The molecule has 0 saturated heterocycles. The number of benzene rings is 2. The van der Waals surface area contributed by atoms with Gasteiger partial charge >= 0.3 is 0 Å². The van der Waals surface area contributed by atoms with Crippen molar-refractivity contribution in [2.45, 2.75) is 59.0 Å². The first-order chi connectivity index (χ1) is 14.2. The molecule has 0 fully saturated rings. The van der Waals surface area contributed by atoms with Gasteiger partial charge in [0.15, 0.2) is 0 Å². The van der Waals surface area contributed by atoms with Gasteiger partial charge in [-0.1, -0.05) is 30.3 Å². The van der Waals surface area contributed by atoms with Crippen molar-refractivity contribution in [1.82, 2.24) is 10.6 Å². The van der Waals surface area contributed by atoms with Crippen LogP contribution in [0.4, 0.5) is 0 Å². The molecule has 162 valence electrons. The van der Waals surface area contributed by atoms with E-state index in [1.165, 1.54) is 5.56 Å². The summed E-state index contributed by atoms with van der Waals surface area (Å²) in [6.07, 6.45) is 2.06. The van der Waals surface area contributed by atoms with Crippen LogP contribution >= 0.6 is 0 Å². The van der Waals surface area contributed by atoms with Crippen LogP contribution in [0, 0.1) is 20.8 Å². The van der Waals surface area contributed by atoms with E-state index in [2.05, 4.69) is 22.8 Å². The Hall–Kier alpha value is -2.86. The number of nitrogens with two attached hydrogens (primary N) is 1. The fourth-order valence-electron chi connectivity index (χ4n) is 3.43. The summed E-state index contributed by atoms with van der Waals surface area (Å²) in [5.41, 5.74) is 10.9. The van der Waals surface area contributed by atoms with Crippen molar-refractivity contribution < 1.29 is 14.7 Å². The monoisotopic (exact) mass is 411 g/mol. The minimum Gasteiger partial charge on any atom is -0.508 e. The van der Waals surface area contributed by atoms with Crippen molar-refractivity contribution in [3.8, 4) is 5.75 Å². The quantitative estimate of drug-likeness (QED) is 0.476. The number of rotatable bonds is 9. The van der Waals surface area contributed by atoms with Crippen molar-refractivity contribution in [3.63, 3.8) is 0 Å². The average Bonchev–Trinajstić information content (AvgIpc) is 2.73. The highest BCUT2D eigenvalue weighted by Crippen LogP contribution is 2.27. The van der Waals surface area contributed by atoms with Gasteiger partial charge in [0, 0.05) is 6.54 Å². The third-order valence-electron chi connectivity index (χ3n) is 5.53. The highest BCUT2D eigenvalue weighted by Gasteiger charge is 2.22. The molecular weight excluding hydrogens is 378 g/mol. The lowest BCUT2D eigenvalue weighted by molar-refractivity contribution is -0.129. The molecule has 30 heavy (non-hydrogen) atoms. The normalized spacial score (nSPS) is 12.8. The first-order valence-electron chi connectivity index (χ1n) is 10.4. The van der Waals surface area contributed by atoms with Gasteiger partial charge in [-0.15, -0.1) is 0 Å². The molecule has 6 nitrogen and oxygen atoms in total. The largest absolute Gasteiger partial charge is 0.508 e. The number of amides is 2. The van der Waals surface area contributed by atoms with E-state index < -0.39 is 12.1 Å². The van der Waals surface area contributed by atoms with Gasteiger partial charge in [-0.2, -0.15) is 0 Å². The number of phenolic OH excluding ortho intramolecular Hbond substituents is 1. The summed E-state index contributed by atoms with van der Waals surface area (Å²) in [6, 6.07) is 10.3. The number of nitrogens with one attached hydrogen (secondary N) is 2. The smallest absolute Gasteiger partial charge is 0.242 e. The Morgan fingerprint density at radius 3 is 2.40 bits per heavy atom. The predicted molar refractivity (Wildman–Crippen MR) is 119 cm³/mol. The predicted octanol–water partition coefficient (Wildman–Crippen LogP) is 2.44. The molecule has 0 spiro atoms. The molecule has 5 N–H and O–H groups in total. The number of phenols is 1. The Bertz CT molecular complexity index is 881. The van der Waals surface area contributed by atoms with E-state index in [4.69, 9.17) is 5.73 Å². The molecule has 2 aromatic carbocycles. The van der Waals surface area contributed by atoms with Crippen molar-refractivity contribution in [2.24, 2.45) is 5.73 Å². The van der Waals surface area contributed by atoms with Crippen LogP contribution in [-0.4, -0.2) is 35.5 Å². The molecule has 0 aliphatic heterocycles. The molecule has 0 unspecified atom stereocenters. The zero-order valence-corrected chi connectivity index (χ0v) is 18.3. The van der Waals surface area contributed by atoms with Crippen LogP contribution in [0.3, 0.4) is 0 Å². The molecule has 0 bridgehead atoms. The number of aryl methyl sites for hydroxylation is 2. The van der Waals surface area contributed by atoms with Gasteiger partial charge in [0.05, 0.1) is 6.04 Å². The minimum absolute atomic E-state index is 0.226. The van der Waals surface area contributed by atoms with E-state index in [1.54, 1.807) is 13.0 Å². The van der Waals surface area contributed by atoms with Gasteiger partial charge in [0.2, 0.25) is 11.8 Å². The summed E-state index contributed by atoms with van der Waals surface area (Å²) in [5, 5.41) is 15.5. The molecule has 0 heterocycles. The second-order valence-electron chi connectivity index (χ2n) is 7.86. The van der Waals surface area contributed by atoms with Crippen molar-refractivity contribution in [1.29, 1.82) is 0 Å². The molecule has 2 atom stereocenters. The maximum absolute atomic E-state index is 12.5. The highest BCUT2D eigenvalue weighted by molar-refractivity contribution is 5.89. The molecule has 0 aliphatic rings. The lowest BCUT2D eigenvalue weighted by atomic mass is 9.92. The van der Waals surface area contributed by atoms with Crippen molar-refractivity contribution in [3.05, 3.63) is 64.2 Å². The lowest BCUT2D eigenvalue weighted by Gasteiger charge is -2.20. The van der Waals surface area contributed by atoms with E-state index in [0.29, 0.717) is 13.0 Å². The average molecular weight is 412 g/mol. The van der Waals surface area contributed by atoms with Crippen molar-refractivity contribution >= 4 is 11.8 Å². The maximum atomic E-state index is 12.5. The molecule has 2 aromatic rings. The number of hydrogen-bond donors (Lipinski definition) is 4. The third kappa shape index (κ3) is 6.32. The fourth-order valence-corrected chi connectivity index (χ4v) is 3.43. The van der Waals surface area contributed by atoms with E-state index in [1.807, 2.05) is 39.0 Å². The second kappa shape index (κ2) is 10.8. The summed E-state index contributed by atoms with van der Waals surface area (Å²) in [4.78, 5) is 24.8. The molecule has 2 amide bonds. The van der Waals surface area contributed by atoms with Gasteiger partial charge in [-0.05, 0) is 80.8 Å². The van der Waals surface area contributed by atoms with Gasteiger partial charge in [-0.3, -0.25) is 9.59 Å². The van der Waals surface area contributed by atoms with Crippen LogP contribution < -0.4 is 16.4 Å². The molecule has 0 radical (unpaired) electrons. The second-order valence-corrected chi connectivity index (χ2v) is 7.86. The first-order valence-corrected chi connectivity index (χ1v) is 10.4. The van der Waals surface area contributed by atoms with Crippen LogP contribution in [0.25, 0.3) is 0 Å². The molecule has 2 rings (SSSR count). The van der Waals surface area contributed by atoms with E-state index in [9.17, 15) is 14.7 Å². The topological polar surface area (TPSA) is 104 Å². The SMILES string of the molecule is Cc1cc(O)c(C)c(C)c1C[C@H](N)C(=O)N[C@H](C)C(=O)NCCCc1ccccc1. The summed E-state index contributed by atoms with van der Waals surface area (Å²) in [6.45, 7) is 7.83. The summed E-state index contributed by atoms with van der Waals surface area (Å²) >= 11 is 0. The van der Waals surface area contributed by atoms with Crippen molar-refractivity contribution in [2.75, 3.05) is 6.54 Å². The number of carbonyl (C=O) groups excluding carboxylic acids is 2. The van der Waals surface area contributed by atoms with Crippen LogP contribution in [0.1, 0.15) is 41.2 Å². The number of carbonyl (C=O) groups is 2. The zero-order valence-electron chi connectivity index (χ0n) is 18.3. The van der Waals surface area contributed by atoms with Crippen LogP contribution in [-0.2, 0) is 22.4 Å². The standard InChI is InChI=1S/C24H33N3O3/c1-15-13-22(28)17(3)16(2)20(15)14-21(25)24(30)27-18(4)23(29)26-12-8-11-19-9-6-5-7-10-19/h5-7,9-10,13,18,21,28H,8,11-12,14,25H2,1-4H3,(H,26,29)(H,27,30)/t18-,21+/m1/s1. The highest BCUT2D eigenvalue weighted by atomic mass is 16.3. The van der Waals surface area contributed by atoms with E-state index >= 15 is 0 Å². The van der Waals surface area contributed by atoms with Gasteiger partial charge in [0.1, 0.15) is 11.8 Å². The molecule has 0 aromatic heterocycles. The lowest BCUT2D eigenvalue weighted by Crippen LogP contribution is -2.51. The Balaban J connectivity index is 1.81. The Morgan fingerprint density at radius 2 is 1.73 bits per heavy atom. The Labute approximate surface area is 178 Å². The number of aromatic hydroxyl groups is 1. The minimum atomic E-state index is -0.778. The van der Waals surface area contributed by atoms with Crippen LogP contribution in [0.15, 0.2) is 36.4 Å². The van der Waals surface area contributed by atoms with Gasteiger partial charge < -0.3 is 21.5 Å². The Kier molecular flexibility index (Phi) is 8.42. The molecule has 6 heteroatoms. The Morgan fingerprint density at radius 1 is 1.07 bits per heavy atom. The number of hydrogen-bond acceptors (Lipinski definition) is 4. The van der Waals surface area contributed by atoms with E-state index in [-0.39, 0.29) is 17.6 Å². The molecular formula is C24H33N3O3.